The van der Waals surface area contributed by atoms with E-state index in [1.807, 2.05) is 21.0 Å². The van der Waals surface area contributed by atoms with Crippen LogP contribution in [0.2, 0.25) is 0 Å². The van der Waals surface area contributed by atoms with Gasteiger partial charge in [0, 0.05) is 20.4 Å². The van der Waals surface area contributed by atoms with E-state index in [0.29, 0.717) is 10.9 Å². The minimum Gasteiger partial charge on any atom is -0.446 e. The highest BCUT2D eigenvalue weighted by Gasteiger charge is 2.07. The van der Waals surface area contributed by atoms with Crippen LogP contribution in [-0.4, -0.2) is 35.3 Å². The molecular formula is C9H14N2O2S. The Morgan fingerprint density at radius 2 is 2.14 bits per heavy atom. The Morgan fingerprint density at radius 1 is 1.50 bits per heavy atom. The predicted molar refractivity (Wildman–Crippen MR) is 56.9 cm³/mol. The number of hydrazone groups is 1. The molecule has 0 saturated heterocycles. The molecule has 1 rings (SSSR count). The van der Waals surface area contributed by atoms with Crippen LogP contribution in [-0.2, 0) is 10.8 Å². The van der Waals surface area contributed by atoms with Crippen molar-refractivity contribution in [2.24, 2.45) is 5.10 Å². The maximum absolute atomic E-state index is 11.1. The number of hydrogen-bond donors (Lipinski definition) is 0. The zero-order valence-corrected chi connectivity index (χ0v) is 9.59. The SMILES string of the molecule is C/C(=N\N(C)C)c1ccc([S@](C)=O)o1. The molecule has 1 heterocycles. The van der Waals surface area contributed by atoms with E-state index in [9.17, 15) is 4.21 Å². The van der Waals surface area contributed by atoms with Crippen molar-refractivity contribution in [3.8, 4) is 0 Å². The maximum Gasteiger partial charge on any atom is 0.190 e. The van der Waals surface area contributed by atoms with Crippen molar-refractivity contribution in [3.05, 3.63) is 17.9 Å². The number of nitrogens with zero attached hydrogens (tertiary/aromatic N) is 2. The van der Waals surface area contributed by atoms with Crippen LogP contribution in [0.25, 0.3) is 0 Å². The summed E-state index contributed by atoms with van der Waals surface area (Å²) in [4.78, 5) is 0. The van der Waals surface area contributed by atoms with Crippen LogP contribution in [0.5, 0.6) is 0 Å². The van der Waals surface area contributed by atoms with Crippen molar-refractivity contribution in [2.45, 2.75) is 12.0 Å². The summed E-state index contributed by atoms with van der Waals surface area (Å²) >= 11 is 0. The third kappa shape index (κ3) is 2.70. The Kier molecular flexibility index (Phi) is 3.46. The van der Waals surface area contributed by atoms with Gasteiger partial charge >= 0.3 is 0 Å². The molecule has 0 fully saturated rings. The molecule has 0 amide bonds. The summed E-state index contributed by atoms with van der Waals surface area (Å²) in [5, 5.41) is 6.35. The monoisotopic (exact) mass is 214 g/mol. The topological polar surface area (TPSA) is 45.8 Å². The molecule has 0 aromatic carbocycles. The van der Waals surface area contributed by atoms with E-state index in [0.717, 1.165) is 5.71 Å². The molecule has 4 nitrogen and oxygen atoms in total. The van der Waals surface area contributed by atoms with Gasteiger partial charge in [0.15, 0.2) is 10.9 Å². The highest BCUT2D eigenvalue weighted by atomic mass is 32.2. The Hall–Kier alpha value is -1.10. The Balaban J connectivity index is 2.92. The van der Waals surface area contributed by atoms with E-state index < -0.39 is 10.8 Å². The van der Waals surface area contributed by atoms with Crippen molar-refractivity contribution in [3.63, 3.8) is 0 Å². The first-order valence-corrected chi connectivity index (χ1v) is 5.72. The van der Waals surface area contributed by atoms with Gasteiger partial charge in [-0.15, -0.1) is 0 Å². The van der Waals surface area contributed by atoms with Crippen molar-refractivity contribution in [1.29, 1.82) is 0 Å². The zero-order valence-electron chi connectivity index (χ0n) is 8.77. The molecular weight excluding hydrogens is 200 g/mol. The molecule has 1 aromatic rings. The third-order valence-electron chi connectivity index (χ3n) is 1.57. The summed E-state index contributed by atoms with van der Waals surface area (Å²) in [5.41, 5.74) is 0.770. The Labute approximate surface area is 86.0 Å². The van der Waals surface area contributed by atoms with Crippen LogP contribution in [0, 0.1) is 0 Å². The van der Waals surface area contributed by atoms with Crippen LogP contribution in [0.4, 0.5) is 0 Å². The lowest BCUT2D eigenvalue weighted by atomic mass is 10.3. The number of hydrogen-bond acceptors (Lipinski definition) is 4. The maximum atomic E-state index is 11.1. The quantitative estimate of drug-likeness (QED) is 0.563. The van der Waals surface area contributed by atoms with Gasteiger partial charge < -0.3 is 9.43 Å². The molecule has 0 bridgehead atoms. The summed E-state index contributed by atoms with van der Waals surface area (Å²) in [5.74, 6) is 0.656. The molecule has 0 saturated carbocycles. The molecule has 0 spiro atoms. The van der Waals surface area contributed by atoms with Gasteiger partial charge in [0.05, 0.1) is 16.5 Å². The van der Waals surface area contributed by atoms with Crippen molar-refractivity contribution < 1.29 is 8.63 Å². The zero-order chi connectivity index (χ0) is 10.7. The highest BCUT2D eigenvalue weighted by Crippen LogP contribution is 2.12. The van der Waals surface area contributed by atoms with Crippen LogP contribution < -0.4 is 0 Å². The molecule has 0 aliphatic rings. The summed E-state index contributed by atoms with van der Waals surface area (Å²) in [6, 6.07) is 3.49. The Morgan fingerprint density at radius 3 is 2.57 bits per heavy atom. The summed E-state index contributed by atoms with van der Waals surface area (Å²) in [6.45, 7) is 1.85. The second-order valence-electron chi connectivity index (χ2n) is 3.11. The predicted octanol–water partition coefficient (Wildman–Crippen LogP) is 1.30. The highest BCUT2D eigenvalue weighted by molar-refractivity contribution is 7.84. The average Bonchev–Trinajstić information content (AvgIpc) is 2.50. The average molecular weight is 214 g/mol. The largest absolute Gasteiger partial charge is 0.446 e. The van der Waals surface area contributed by atoms with Gasteiger partial charge in [-0.2, -0.15) is 5.10 Å². The van der Waals surface area contributed by atoms with Gasteiger partial charge in [0.25, 0.3) is 0 Å². The fourth-order valence-corrected chi connectivity index (χ4v) is 1.49. The van der Waals surface area contributed by atoms with E-state index in [-0.39, 0.29) is 0 Å². The summed E-state index contributed by atoms with van der Waals surface area (Å²) < 4.78 is 16.4. The first kappa shape index (κ1) is 11.0. The standard InChI is InChI=1S/C9H14N2O2S/c1-7(10-11(2)3)8-5-6-9(13-8)14(4)12/h5-6H,1-4H3/b10-7+/t14-/m0/s1. The molecule has 14 heavy (non-hydrogen) atoms. The van der Waals surface area contributed by atoms with Crippen LogP contribution >= 0.6 is 0 Å². The second kappa shape index (κ2) is 4.41. The number of rotatable bonds is 3. The van der Waals surface area contributed by atoms with Crippen molar-refractivity contribution >= 4 is 16.5 Å². The fraction of sp³-hybridized carbons (Fsp3) is 0.444. The molecule has 0 radical (unpaired) electrons. The number of furan rings is 1. The lowest BCUT2D eigenvalue weighted by Gasteiger charge is -2.04. The van der Waals surface area contributed by atoms with Gasteiger partial charge in [0.2, 0.25) is 0 Å². The molecule has 0 aliphatic heterocycles. The van der Waals surface area contributed by atoms with Gasteiger partial charge in [0.1, 0.15) is 0 Å². The van der Waals surface area contributed by atoms with Crippen molar-refractivity contribution in [2.75, 3.05) is 20.4 Å². The van der Waals surface area contributed by atoms with Gasteiger partial charge in [-0.25, -0.2) is 0 Å². The van der Waals surface area contributed by atoms with E-state index in [4.69, 9.17) is 4.42 Å². The molecule has 0 N–H and O–H groups in total. The molecule has 1 aromatic heterocycles. The minimum absolute atomic E-state index is 0.480. The second-order valence-corrected chi connectivity index (χ2v) is 4.42. The van der Waals surface area contributed by atoms with E-state index in [1.54, 1.807) is 23.4 Å². The molecule has 1 atom stereocenters. The van der Waals surface area contributed by atoms with Gasteiger partial charge in [-0.3, -0.25) is 4.21 Å². The molecule has 0 aliphatic carbocycles. The summed E-state index contributed by atoms with van der Waals surface area (Å²) in [6.07, 6.45) is 1.58. The van der Waals surface area contributed by atoms with E-state index in [1.165, 1.54) is 0 Å². The van der Waals surface area contributed by atoms with E-state index in [2.05, 4.69) is 5.10 Å². The van der Waals surface area contributed by atoms with Gasteiger partial charge in [-0.1, -0.05) is 0 Å². The first-order valence-electron chi connectivity index (χ1n) is 4.17. The van der Waals surface area contributed by atoms with Crippen LogP contribution in [0.15, 0.2) is 26.7 Å². The molecule has 5 heteroatoms. The summed E-state index contributed by atoms with van der Waals surface area (Å²) in [7, 11) is 2.60. The van der Waals surface area contributed by atoms with Gasteiger partial charge in [-0.05, 0) is 19.1 Å². The van der Waals surface area contributed by atoms with Crippen molar-refractivity contribution in [1.82, 2.24) is 5.01 Å². The van der Waals surface area contributed by atoms with E-state index >= 15 is 0 Å². The third-order valence-corrected chi connectivity index (χ3v) is 2.36. The first-order chi connectivity index (χ1) is 6.50. The lowest BCUT2D eigenvalue weighted by molar-refractivity contribution is 0.427. The normalized spacial score (nSPS) is 14.1. The fourth-order valence-electron chi connectivity index (χ4n) is 1.02. The molecule has 78 valence electrons. The smallest absolute Gasteiger partial charge is 0.190 e. The van der Waals surface area contributed by atoms with Crippen LogP contribution in [0.3, 0.4) is 0 Å². The minimum atomic E-state index is -1.07. The lowest BCUT2D eigenvalue weighted by Crippen LogP contribution is -2.06. The van der Waals surface area contributed by atoms with Crippen LogP contribution in [0.1, 0.15) is 12.7 Å². The molecule has 0 unspecified atom stereocenters. The Bertz CT molecular complexity index is 369.